The van der Waals surface area contributed by atoms with Gasteiger partial charge in [-0.2, -0.15) is 4.98 Å². The molecule has 0 spiro atoms. The highest BCUT2D eigenvalue weighted by Crippen LogP contribution is 2.18. The van der Waals surface area contributed by atoms with Gasteiger partial charge in [0.2, 0.25) is 5.95 Å². The average molecular weight is 372 g/mol. The lowest BCUT2D eigenvalue weighted by atomic mass is 10.3. The maximum Gasteiger partial charge on any atom is 0.229 e. The van der Waals surface area contributed by atoms with Gasteiger partial charge in [0.05, 0.1) is 13.7 Å². The van der Waals surface area contributed by atoms with E-state index in [0.717, 1.165) is 23.6 Å². The Kier molecular flexibility index (Phi) is 5.98. The normalized spacial score (nSPS) is 10.3. The molecule has 1 heterocycles. The molecule has 0 saturated carbocycles. The number of hydrogen-bond donors (Lipinski definition) is 2. The minimum Gasteiger partial charge on any atom is -0.497 e. The first-order valence-electron chi connectivity index (χ1n) is 8.20. The first kappa shape index (κ1) is 18.4. The van der Waals surface area contributed by atoms with Crippen molar-refractivity contribution in [2.75, 3.05) is 30.9 Å². The van der Waals surface area contributed by atoms with Gasteiger partial charge in [-0.25, -0.2) is 13.8 Å². The molecule has 8 heteroatoms. The largest absolute Gasteiger partial charge is 0.497 e. The van der Waals surface area contributed by atoms with Gasteiger partial charge < -0.3 is 20.1 Å². The quantitative estimate of drug-likeness (QED) is 0.583. The number of ether oxygens (including phenoxy) is 2. The number of hydrogen-bond acceptors (Lipinski definition) is 6. The molecule has 3 rings (SSSR count). The molecular formula is C19H18F2N4O2. The molecule has 140 valence electrons. The summed E-state index contributed by atoms with van der Waals surface area (Å²) in [6, 6.07) is 12.5. The predicted molar refractivity (Wildman–Crippen MR) is 98.7 cm³/mol. The van der Waals surface area contributed by atoms with E-state index in [1.807, 2.05) is 24.3 Å². The van der Waals surface area contributed by atoms with Gasteiger partial charge in [-0.1, -0.05) is 0 Å². The highest BCUT2D eigenvalue weighted by molar-refractivity contribution is 5.54. The topological polar surface area (TPSA) is 68.3 Å². The van der Waals surface area contributed by atoms with Crippen LogP contribution in [0.25, 0.3) is 0 Å². The molecule has 1 aromatic heterocycles. The summed E-state index contributed by atoms with van der Waals surface area (Å²) in [6.07, 6.45) is 1.56. The van der Waals surface area contributed by atoms with Crippen LogP contribution < -0.4 is 20.1 Å². The number of nitrogens with one attached hydrogen (secondary N) is 2. The van der Waals surface area contributed by atoms with Gasteiger partial charge in [0.15, 0.2) is 11.6 Å². The Morgan fingerprint density at radius 3 is 2.48 bits per heavy atom. The maximum atomic E-state index is 13.3. The Morgan fingerprint density at radius 2 is 1.74 bits per heavy atom. The lowest BCUT2D eigenvalue weighted by Gasteiger charge is -2.10. The van der Waals surface area contributed by atoms with Gasteiger partial charge >= 0.3 is 0 Å². The van der Waals surface area contributed by atoms with E-state index in [2.05, 4.69) is 20.6 Å². The molecule has 0 bridgehead atoms. The highest BCUT2D eigenvalue weighted by atomic mass is 19.2. The van der Waals surface area contributed by atoms with E-state index in [9.17, 15) is 8.78 Å². The third-order valence-electron chi connectivity index (χ3n) is 3.57. The van der Waals surface area contributed by atoms with Crippen LogP contribution >= 0.6 is 0 Å². The Bertz CT molecular complexity index is 891. The van der Waals surface area contributed by atoms with Gasteiger partial charge in [-0.15, -0.1) is 0 Å². The van der Waals surface area contributed by atoms with Crippen LogP contribution in [0.5, 0.6) is 11.5 Å². The molecule has 6 nitrogen and oxygen atoms in total. The molecule has 0 aliphatic carbocycles. The third kappa shape index (κ3) is 5.27. The summed E-state index contributed by atoms with van der Waals surface area (Å²) < 4.78 is 36.9. The summed E-state index contributed by atoms with van der Waals surface area (Å²) in [5.41, 5.74) is 0.355. The number of methoxy groups -OCH3 is 1. The van der Waals surface area contributed by atoms with E-state index in [-0.39, 0.29) is 5.95 Å². The number of aromatic nitrogens is 2. The van der Waals surface area contributed by atoms with Crippen molar-refractivity contribution in [3.05, 3.63) is 66.4 Å². The summed E-state index contributed by atoms with van der Waals surface area (Å²) >= 11 is 0. The number of nitrogens with zero attached hydrogens (tertiary/aromatic N) is 2. The van der Waals surface area contributed by atoms with Crippen molar-refractivity contribution in [3.63, 3.8) is 0 Å². The van der Waals surface area contributed by atoms with Crippen molar-refractivity contribution in [2.24, 2.45) is 0 Å². The van der Waals surface area contributed by atoms with Gasteiger partial charge in [0.1, 0.15) is 23.9 Å². The lowest BCUT2D eigenvalue weighted by Crippen LogP contribution is -2.13. The van der Waals surface area contributed by atoms with Crippen LogP contribution in [0.3, 0.4) is 0 Å². The van der Waals surface area contributed by atoms with Gasteiger partial charge in [-0.05, 0) is 42.5 Å². The Balaban J connectivity index is 1.50. The second-order valence-corrected chi connectivity index (χ2v) is 5.47. The minimum atomic E-state index is -0.940. The zero-order valence-corrected chi connectivity index (χ0v) is 14.6. The van der Waals surface area contributed by atoms with E-state index >= 15 is 0 Å². The van der Waals surface area contributed by atoms with E-state index in [4.69, 9.17) is 9.47 Å². The van der Waals surface area contributed by atoms with Crippen molar-refractivity contribution < 1.29 is 18.3 Å². The number of rotatable bonds is 8. The van der Waals surface area contributed by atoms with Gasteiger partial charge in [0.25, 0.3) is 0 Å². The molecule has 0 amide bonds. The zero-order valence-electron chi connectivity index (χ0n) is 14.6. The van der Waals surface area contributed by atoms with Crippen molar-refractivity contribution in [1.82, 2.24) is 9.97 Å². The summed E-state index contributed by atoms with van der Waals surface area (Å²) in [4.78, 5) is 8.32. The van der Waals surface area contributed by atoms with Gasteiger partial charge in [-0.3, -0.25) is 0 Å². The highest BCUT2D eigenvalue weighted by Gasteiger charge is 2.05. The lowest BCUT2D eigenvalue weighted by molar-refractivity contribution is 0.331. The molecule has 0 atom stereocenters. The molecule has 0 aliphatic rings. The fourth-order valence-electron chi connectivity index (χ4n) is 2.24. The van der Waals surface area contributed by atoms with E-state index < -0.39 is 11.6 Å². The third-order valence-corrected chi connectivity index (χ3v) is 3.57. The first-order chi connectivity index (χ1) is 13.1. The molecule has 3 aromatic rings. The molecule has 27 heavy (non-hydrogen) atoms. The number of benzene rings is 2. The summed E-state index contributed by atoms with van der Waals surface area (Å²) in [6.45, 7) is 0.954. The average Bonchev–Trinajstić information content (AvgIpc) is 2.69. The smallest absolute Gasteiger partial charge is 0.229 e. The van der Waals surface area contributed by atoms with Crippen LogP contribution in [0.4, 0.5) is 26.2 Å². The molecule has 2 aromatic carbocycles. The Hall–Kier alpha value is -3.42. The van der Waals surface area contributed by atoms with E-state index in [1.165, 1.54) is 6.07 Å². The predicted octanol–water partition coefficient (Wildman–Crippen LogP) is 4.00. The van der Waals surface area contributed by atoms with Crippen molar-refractivity contribution in [2.45, 2.75) is 0 Å². The first-order valence-corrected chi connectivity index (χ1v) is 8.20. The van der Waals surface area contributed by atoms with Crippen LogP contribution in [0.2, 0.25) is 0 Å². The fourth-order valence-corrected chi connectivity index (χ4v) is 2.24. The SMILES string of the molecule is COc1ccc(OCCNc2ccnc(Nc3ccc(F)c(F)c3)n2)cc1. The summed E-state index contributed by atoms with van der Waals surface area (Å²) in [5.74, 6) is 0.498. The molecule has 2 N–H and O–H groups in total. The Labute approximate surface area is 155 Å². The molecule has 0 fully saturated rings. The zero-order chi connectivity index (χ0) is 19.1. The Morgan fingerprint density at radius 1 is 0.963 bits per heavy atom. The van der Waals surface area contributed by atoms with Crippen molar-refractivity contribution in [1.29, 1.82) is 0 Å². The second-order valence-electron chi connectivity index (χ2n) is 5.47. The van der Waals surface area contributed by atoms with E-state index in [0.29, 0.717) is 24.7 Å². The molecule has 0 unspecified atom stereocenters. The molecule has 0 aliphatic heterocycles. The molecular weight excluding hydrogens is 354 g/mol. The maximum absolute atomic E-state index is 13.3. The van der Waals surface area contributed by atoms with Crippen LogP contribution in [0.1, 0.15) is 0 Å². The minimum absolute atomic E-state index is 0.266. The number of anilines is 3. The van der Waals surface area contributed by atoms with Crippen LogP contribution in [0, 0.1) is 11.6 Å². The van der Waals surface area contributed by atoms with Crippen molar-refractivity contribution >= 4 is 17.5 Å². The standard InChI is InChI=1S/C19H18F2N4O2/c1-26-14-3-5-15(6-4-14)27-11-10-22-18-8-9-23-19(25-18)24-13-2-7-16(20)17(21)12-13/h2-9,12H,10-11H2,1H3,(H2,22,23,24,25). The van der Waals surface area contributed by atoms with E-state index in [1.54, 1.807) is 19.4 Å². The summed E-state index contributed by atoms with van der Waals surface area (Å²) in [7, 11) is 1.61. The summed E-state index contributed by atoms with van der Waals surface area (Å²) in [5, 5.41) is 5.94. The number of halogens is 2. The van der Waals surface area contributed by atoms with Crippen LogP contribution in [-0.4, -0.2) is 30.2 Å². The van der Waals surface area contributed by atoms with Crippen LogP contribution in [0.15, 0.2) is 54.7 Å². The second kappa shape index (κ2) is 8.79. The molecule has 0 radical (unpaired) electrons. The molecule has 0 saturated heterocycles. The van der Waals surface area contributed by atoms with Gasteiger partial charge in [0, 0.05) is 18.0 Å². The van der Waals surface area contributed by atoms with Crippen molar-refractivity contribution in [3.8, 4) is 11.5 Å². The fraction of sp³-hybridized carbons (Fsp3) is 0.158. The monoisotopic (exact) mass is 372 g/mol. The van der Waals surface area contributed by atoms with Crippen LogP contribution in [-0.2, 0) is 0 Å².